The van der Waals surface area contributed by atoms with Crippen molar-refractivity contribution in [2.45, 2.75) is 0 Å². The van der Waals surface area contributed by atoms with Crippen LogP contribution in [0.3, 0.4) is 0 Å². The average Bonchev–Trinajstić information content (AvgIpc) is 2.46. The standard InChI is InChI=1S/C14H15N5.ClH/c1-17-11-6-8-13(9-7-11)19-18-12-4-2-10(3-5-12)14(15)16;/h2-9,17H,1H3,(H3,15,16);1H. The van der Waals surface area contributed by atoms with Crippen LogP contribution < -0.4 is 11.1 Å². The van der Waals surface area contributed by atoms with E-state index in [1.165, 1.54) is 0 Å². The van der Waals surface area contributed by atoms with Crippen molar-refractivity contribution in [1.29, 1.82) is 5.41 Å². The molecular formula is C14H16ClN5. The minimum Gasteiger partial charge on any atom is -0.388 e. The SMILES string of the molecule is CNc1ccc(N=Nc2ccc(C(=N)N)cc2)cc1.Cl. The van der Waals surface area contributed by atoms with Crippen molar-refractivity contribution < 1.29 is 0 Å². The fraction of sp³-hybridized carbons (Fsp3) is 0.0714. The molecule has 0 saturated heterocycles. The summed E-state index contributed by atoms with van der Waals surface area (Å²) in [5.74, 6) is 0.0474. The molecule has 0 radical (unpaired) electrons. The van der Waals surface area contributed by atoms with E-state index >= 15 is 0 Å². The van der Waals surface area contributed by atoms with Crippen molar-refractivity contribution in [2.75, 3.05) is 12.4 Å². The lowest BCUT2D eigenvalue weighted by atomic mass is 10.2. The predicted molar refractivity (Wildman–Crippen MR) is 84.9 cm³/mol. The molecule has 0 saturated carbocycles. The molecule has 0 spiro atoms. The first-order valence-corrected chi connectivity index (χ1v) is 5.83. The van der Waals surface area contributed by atoms with Crippen LogP contribution in [0, 0.1) is 5.41 Å². The number of nitrogens with two attached hydrogens (primary N) is 1. The summed E-state index contributed by atoms with van der Waals surface area (Å²) < 4.78 is 0. The molecule has 0 unspecified atom stereocenters. The predicted octanol–water partition coefficient (Wildman–Crippen LogP) is 3.85. The molecule has 0 bridgehead atoms. The van der Waals surface area contributed by atoms with E-state index in [2.05, 4.69) is 15.5 Å². The fourth-order valence-corrected chi connectivity index (χ4v) is 1.52. The molecule has 6 heteroatoms. The van der Waals surface area contributed by atoms with Crippen molar-refractivity contribution in [3.8, 4) is 0 Å². The van der Waals surface area contributed by atoms with E-state index in [9.17, 15) is 0 Å². The van der Waals surface area contributed by atoms with Crippen molar-refractivity contribution in [3.05, 3.63) is 54.1 Å². The molecule has 2 aromatic rings. The summed E-state index contributed by atoms with van der Waals surface area (Å²) in [6.07, 6.45) is 0. The summed E-state index contributed by atoms with van der Waals surface area (Å²) in [7, 11) is 1.87. The van der Waals surface area contributed by atoms with E-state index in [0.29, 0.717) is 5.56 Å². The van der Waals surface area contributed by atoms with Crippen molar-refractivity contribution in [1.82, 2.24) is 0 Å². The Hall–Kier alpha value is -2.40. The molecule has 2 aromatic carbocycles. The maximum absolute atomic E-state index is 7.30. The summed E-state index contributed by atoms with van der Waals surface area (Å²) >= 11 is 0. The molecule has 104 valence electrons. The molecule has 4 N–H and O–H groups in total. The number of rotatable bonds is 4. The van der Waals surface area contributed by atoms with Gasteiger partial charge in [0.1, 0.15) is 5.84 Å². The van der Waals surface area contributed by atoms with Crippen LogP contribution in [-0.4, -0.2) is 12.9 Å². The number of nitrogens with one attached hydrogen (secondary N) is 2. The Bertz CT molecular complexity index is 590. The first kappa shape index (κ1) is 15.7. The highest BCUT2D eigenvalue weighted by atomic mass is 35.5. The van der Waals surface area contributed by atoms with E-state index < -0.39 is 0 Å². The Kier molecular flexibility index (Phi) is 5.68. The summed E-state index contributed by atoms with van der Waals surface area (Å²) in [5, 5.41) is 18.6. The third-order valence-corrected chi connectivity index (χ3v) is 2.62. The van der Waals surface area contributed by atoms with Gasteiger partial charge >= 0.3 is 0 Å². The smallest absolute Gasteiger partial charge is 0.122 e. The van der Waals surface area contributed by atoms with E-state index in [1.807, 2.05) is 31.3 Å². The lowest BCUT2D eigenvalue weighted by Crippen LogP contribution is -2.10. The van der Waals surface area contributed by atoms with Crippen LogP contribution in [0.4, 0.5) is 17.1 Å². The normalized spacial score (nSPS) is 10.1. The van der Waals surface area contributed by atoms with Crippen LogP contribution in [-0.2, 0) is 0 Å². The Balaban J connectivity index is 0.00000200. The quantitative estimate of drug-likeness (QED) is 0.453. The van der Waals surface area contributed by atoms with Crippen molar-refractivity contribution in [3.63, 3.8) is 0 Å². The second-order valence-corrected chi connectivity index (χ2v) is 3.96. The Morgan fingerprint density at radius 1 is 0.950 bits per heavy atom. The second-order valence-electron chi connectivity index (χ2n) is 3.96. The van der Waals surface area contributed by atoms with Gasteiger partial charge in [-0.25, -0.2) is 0 Å². The number of halogens is 1. The molecule has 0 heterocycles. The minimum atomic E-state index is 0. The molecule has 20 heavy (non-hydrogen) atoms. The zero-order chi connectivity index (χ0) is 13.7. The number of amidine groups is 1. The van der Waals surface area contributed by atoms with Crippen LogP contribution in [0.15, 0.2) is 58.8 Å². The van der Waals surface area contributed by atoms with E-state index in [4.69, 9.17) is 11.1 Å². The number of hydrogen-bond donors (Lipinski definition) is 3. The van der Waals surface area contributed by atoms with Gasteiger partial charge in [0.15, 0.2) is 0 Å². The zero-order valence-corrected chi connectivity index (χ0v) is 11.8. The highest BCUT2D eigenvalue weighted by Crippen LogP contribution is 2.20. The van der Waals surface area contributed by atoms with Crippen LogP contribution in [0.2, 0.25) is 0 Å². The maximum atomic E-state index is 7.30. The van der Waals surface area contributed by atoms with Gasteiger partial charge in [-0.15, -0.1) is 12.4 Å². The highest BCUT2D eigenvalue weighted by Gasteiger charge is 1.96. The van der Waals surface area contributed by atoms with Gasteiger partial charge in [0, 0.05) is 18.3 Å². The molecule has 2 rings (SSSR count). The lowest BCUT2D eigenvalue weighted by molar-refractivity contribution is 1.23. The lowest BCUT2D eigenvalue weighted by Gasteiger charge is -1.99. The monoisotopic (exact) mass is 289 g/mol. The van der Waals surface area contributed by atoms with Crippen LogP contribution in [0.25, 0.3) is 0 Å². The van der Waals surface area contributed by atoms with E-state index in [0.717, 1.165) is 17.1 Å². The van der Waals surface area contributed by atoms with Gasteiger partial charge in [-0.2, -0.15) is 10.2 Å². The molecule has 0 aromatic heterocycles. The zero-order valence-electron chi connectivity index (χ0n) is 11.0. The number of nitrogen functional groups attached to an aromatic ring is 1. The topological polar surface area (TPSA) is 86.6 Å². The van der Waals surface area contributed by atoms with Gasteiger partial charge in [-0.1, -0.05) is 0 Å². The first-order chi connectivity index (χ1) is 9.19. The molecule has 0 atom stereocenters. The highest BCUT2D eigenvalue weighted by molar-refractivity contribution is 5.95. The molecular weight excluding hydrogens is 274 g/mol. The maximum Gasteiger partial charge on any atom is 0.122 e. The molecule has 0 amide bonds. The average molecular weight is 290 g/mol. The third-order valence-electron chi connectivity index (χ3n) is 2.62. The first-order valence-electron chi connectivity index (χ1n) is 5.83. The summed E-state index contributed by atoms with van der Waals surface area (Å²) in [6.45, 7) is 0. The number of hydrogen-bond acceptors (Lipinski definition) is 4. The van der Waals surface area contributed by atoms with Gasteiger partial charge in [-0.05, 0) is 48.5 Å². The van der Waals surface area contributed by atoms with Crippen LogP contribution in [0.1, 0.15) is 5.56 Å². The third kappa shape index (κ3) is 4.07. The number of anilines is 1. The summed E-state index contributed by atoms with van der Waals surface area (Å²) in [5.41, 5.74) is 8.60. The fourth-order valence-electron chi connectivity index (χ4n) is 1.52. The van der Waals surface area contributed by atoms with E-state index in [1.54, 1.807) is 24.3 Å². The van der Waals surface area contributed by atoms with Gasteiger partial charge in [0.05, 0.1) is 11.4 Å². The Labute approximate surface area is 123 Å². The summed E-state index contributed by atoms with van der Waals surface area (Å²) in [4.78, 5) is 0. The number of nitrogens with zero attached hydrogens (tertiary/aromatic N) is 2. The van der Waals surface area contributed by atoms with E-state index in [-0.39, 0.29) is 18.2 Å². The largest absolute Gasteiger partial charge is 0.388 e. The minimum absolute atomic E-state index is 0. The summed E-state index contributed by atoms with van der Waals surface area (Å²) in [6, 6.07) is 14.7. The van der Waals surface area contributed by atoms with Gasteiger partial charge < -0.3 is 11.1 Å². The number of benzene rings is 2. The second kappa shape index (κ2) is 7.25. The molecule has 0 aliphatic carbocycles. The van der Waals surface area contributed by atoms with Crippen molar-refractivity contribution in [2.24, 2.45) is 16.0 Å². The Morgan fingerprint density at radius 3 is 1.80 bits per heavy atom. The molecule has 0 aliphatic heterocycles. The van der Waals surface area contributed by atoms with Crippen LogP contribution in [0.5, 0.6) is 0 Å². The van der Waals surface area contributed by atoms with Crippen LogP contribution >= 0.6 is 12.4 Å². The molecule has 5 nitrogen and oxygen atoms in total. The molecule has 0 fully saturated rings. The van der Waals surface area contributed by atoms with Gasteiger partial charge in [0.2, 0.25) is 0 Å². The Morgan fingerprint density at radius 2 is 1.40 bits per heavy atom. The van der Waals surface area contributed by atoms with Gasteiger partial charge in [0.25, 0.3) is 0 Å². The van der Waals surface area contributed by atoms with Crippen molar-refractivity contribution >= 4 is 35.3 Å². The van der Waals surface area contributed by atoms with Gasteiger partial charge in [-0.3, -0.25) is 5.41 Å². The molecule has 0 aliphatic rings. The number of azo groups is 1.